The SMILES string of the molecule is CN(C)C1(C(N)c2cnc3ccccc3c2)CCCCC1. The van der Waals surface area contributed by atoms with Crippen LogP contribution in [0.1, 0.15) is 43.7 Å². The highest BCUT2D eigenvalue weighted by Gasteiger charge is 2.40. The van der Waals surface area contributed by atoms with E-state index >= 15 is 0 Å². The van der Waals surface area contributed by atoms with Gasteiger partial charge >= 0.3 is 0 Å². The number of rotatable bonds is 3. The summed E-state index contributed by atoms with van der Waals surface area (Å²) in [6.07, 6.45) is 8.19. The first-order chi connectivity index (χ1) is 10.1. The van der Waals surface area contributed by atoms with Crippen LogP contribution in [0.4, 0.5) is 0 Å². The molecular formula is C18H25N3. The summed E-state index contributed by atoms with van der Waals surface area (Å²) < 4.78 is 0. The van der Waals surface area contributed by atoms with E-state index in [4.69, 9.17) is 5.73 Å². The van der Waals surface area contributed by atoms with Gasteiger partial charge in [-0.1, -0.05) is 37.5 Å². The van der Waals surface area contributed by atoms with E-state index in [1.807, 2.05) is 18.3 Å². The van der Waals surface area contributed by atoms with Gasteiger partial charge in [-0.25, -0.2) is 0 Å². The Balaban J connectivity index is 1.99. The molecule has 0 saturated heterocycles. The first-order valence-electron chi connectivity index (χ1n) is 7.91. The van der Waals surface area contributed by atoms with E-state index in [-0.39, 0.29) is 11.6 Å². The number of fused-ring (bicyclic) bond motifs is 1. The van der Waals surface area contributed by atoms with Crippen LogP contribution < -0.4 is 5.73 Å². The molecule has 21 heavy (non-hydrogen) atoms. The van der Waals surface area contributed by atoms with Crippen molar-refractivity contribution in [2.24, 2.45) is 5.73 Å². The molecule has 0 amide bonds. The molecule has 2 aromatic rings. The fraction of sp³-hybridized carbons (Fsp3) is 0.500. The molecule has 3 heteroatoms. The van der Waals surface area contributed by atoms with Gasteiger partial charge in [-0.3, -0.25) is 4.98 Å². The Kier molecular flexibility index (Phi) is 3.96. The molecule has 0 bridgehead atoms. The molecule has 0 spiro atoms. The van der Waals surface area contributed by atoms with Crippen LogP contribution in [-0.4, -0.2) is 29.5 Å². The van der Waals surface area contributed by atoms with Crippen LogP contribution in [0.5, 0.6) is 0 Å². The Morgan fingerprint density at radius 3 is 2.57 bits per heavy atom. The van der Waals surface area contributed by atoms with Crippen molar-refractivity contribution in [1.82, 2.24) is 9.88 Å². The number of hydrogen-bond donors (Lipinski definition) is 1. The number of para-hydroxylation sites is 1. The van der Waals surface area contributed by atoms with Gasteiger partial charge in [-0.2, -0.15) is 0 Å². The maximum atomic E-state index is 6.72. The number of pyridine rings is 1. The molecule has 1 fully saturated rings. The minimum atomic E-state index is 0.0184. The Hall–Kier alpha value is -1.45. The van der Waals surface area contributed by atoms with Crippen LogP contribution in [-0.2, 0) is 0 Å². The van der Waals surface area contributed by atoms with Crippen molar-refractivity contribution < 1.29 is 0 Å². The number of hydrogen-bond acceptors (Lipinski definition) is 3. The van der Waals surface area contributed by atoms with Crippen LogP contribution in [0.25, 0.3) is 10.9 Å². The van der Waals surface area contributed by atoms with Crippen LogP contribution in [0.15, 0.2) is 36.5 Å². The summed E-state index contributed by atoms with van der Waals surface area (Å²) in [7, 11) is 4.33. The minimum absolute atomic E-state index is 0.0184. The first kappa shape index (κ1) is 14.5. The van der Waals surface area contributed by atoms with E-state index in [0.717, 1.165) is 11.1 Å². The van der Waals surface area contributed by atoms with Gasteiger partial charge in [0.2, 0.25) is 0 Å². The molecule has 2 N–H and O–H groups in total. The maximum Gasteiger partial charge on any atom is 0.0702 e. The third-order valence-electron chi connectivity index (χ3n) is 5.16. The average molecular weight is 283 g/mol. The summed E-state index contributed by atoms with van der Waals surface area (Å²) in [4.78, 5) is 6.93. The lowest BCUT2D eigenvalue weighted by Gasteiger charge is -2.47. The molecule has 112 valence electrons. The standard InChI is InChI=1S/C18H25N3/c1-21(2)18(10-6-3-7-11-18)17(19)15-12-14-8-4-5-9-16(14)20-13-15/h4-5,8-9,12-13,17H,3,6-7,10-11,19H2,1-2H3. The van der Waals surface area contributed by atoms with Gasteiger partial charge < -0.3 is 10.6 Å². The largest absolute Gasteiger partial charge is 0.322 e. The van der Waals surface area contributed by atoms with E-state index in [1.165, 1.54) is 37.5 Å². The monoisotopic (exact) mass is 283 g/mol. The molecule has 0 radical (unpaired) electrons. The molecule has 3 rings (SSSR count). The first-order valence-corrected chi connectivity index (χ1v) is 7.91. The summed E-state index contributed by atoms with van der Waals surface area (Å²) in [5, 5.41) is 1.18. The molecule has 1 atom stereocenters. The lowest BCUT2D eigenvalue weighted by atomic mass is 9.73. The average Bonchev–Trinajstić information content (AvgIpc) is 2.54. The van der Waals surface area contributed by atoms with Gasteiger partial charge in [0.25, 0.3) is 0 Å². The number of nitrogens with two attached hydrogens (primary N) is 1. The highest BCUT2D eigenvalue weighted by molar-refractivity contribution is 5.78. The quantitative estimate of drug-likeness (QED) is 0.937. The van der Waals surface area contributed by atoms with Gasteiger partial charge in [0.15, 0.2) is 0 Å². The maximum absolute atomic E-state index is 6.72. The Bertz CT molecular complexity index is 615. The second-order valence-corrected chi connectivity index (χ2v) is 6.50. The van der Waals surface area contributed by atoms with Crippen molar-refractivity contribution in [2.45, 2.75) is 43.7 Å². The van der Waals surface area contributed by atoms with Crippen LogP contribution in [0.3, 0.4) is 0 Å². The number of likely N-dealkylation sites (N-methyl/N-ethyl adjacent to an activating group) is 1. The van der Waals surface area contributed by atoms with Gasteiger partial charge in [0.1, 0.15) is 0 Å². The molecule has 1 aromatic carbocycles. The fourth-order valence-electron chi connectivity index (χ4n) is 3.77. The number of nitrogens with zero attached hydrogens (tertiary/aromatic N) is 2. The molecule has 0 aliphatic heterocycles. The fourth-order valence-corrected chi connectivity index (χ4v) is 3.77. The van der Waals surface area contributed by atoms with Crippen LogP contribution in [0, 0.1) is 0 Å². The molecule has 3 nitrogen and oxygen atoms in total. The highest BCUT2D eigenvalue weighted by Crippen LogP contribution is 2.40. The van der Waals surface area contributed by atoms with E-state index < -0.39 is 0 Å². The molecule has 1 saturated carbocycles. The predicted molar refractivity (Wildman–Crippen MR) is 88.2 cm³/mol. The summed E-state index contributed by atoms with van der Waals surface area (Å²) >= 11 is 0. The van der Waals surface area contributed by atoms with E-state index in [0.29, 0.717) is 0 Å². The van der Waals surface area contributed by atoms with Gasteiger partial charge in [0.05, 0.1) is 5.52 Å². The third-order valence-corrected chi connectivity index (χ3v) is 5.16. The lowest BCUT2D eigenvalue weighted by Crippen LogP contribution is -2.53. The Morgan fingerprint density at radius 1 is 1.14 bits per heavy atom. The zero-order chi connectivity index (χ0) is 14.9. The van der Waals surface area contributed by atoms with E-state index in [9.17, 15) is 0 Å². The molecule has 1 aliphatic rings. The van der Waals surface area contributed by atoms with Gasteiger partial charge in [0, 0.05) is 23.2 Å². The zero-order valence-electron chi connectivity index (χ0n) is 13.0. The molecule has 1 aliphatic carbocycles. The van der Waals surface area contributed by atoms with Crippen LogP contribution >= 0.6 is 0 Å². The van der Waals surface area contributed by atoms with E-state index in [2.05, 4.69) is 42.2 Å². The van der Waals surface area contributed by atoms with Crippen molar-refractivity contribution in [3.8, 4) is 0 Å². The predicted octanol–water partition coefficient (Wildman–Crippen LogP) is 3.50. The number of aromatic nitrogens is 1. The molecule has 1 unspecified atom stereocenters. The topological polar surface area (TPSA) is 42.1 Å². The Labute approximate surface area is 127 Å². The highest BCUT2D eigenvalue weighted by atomic mass is 15.2. The smallest absolute Gasteiger partial charge is 0.0702 e. The normalized spacial score (nSPS) is 19.8. The van der Waals surface area contributed by atoms with Gasteiger partial charge in [-0.05, 0) is 44.6 Å². The third kappa shape index (κ3) is 2.56. The minimum Gasteiger partial charge on any atom is -0.322 e. The number of benzene rings is 1. The van der Waals surface area contributed by atoms with Crippen molar-refractivity contribution in [3.05, 3.63) is 42.1 Å². The second-order valence-electron chi connectivity index (χ2n) is 6.50. The van der Waals surface area contributed by atoms with Gasteiger partial charge in [-0.15, -0.1) is 0 Å². The summed E-state index contributed by atoms with van der Waals surface area (Å²) in [5.41, 5.74) is 8.98. The van der Waals surface area contributed by atoms with Crippen LogP contribution in [0.2, 0.25) is 0 Å². The summed E-state index contributed by atoms with van der Waals surface area (Å²) in [6, 6.07) is 10.5. The van der Waals surface area contributed by atoms with Crippen molar-refractivity contribution in [2.75, 3.05) is 14.1 Å². The van der Waals surface area contributed by atoms with Crippen molar-refractivity contribution in [1.29, 1.82) is 0 Å². The molecule has 1 heterocycles. The van der Waals surface area contributed by atoms with Crippen molar-refractivity contribution in [3.63, 3.8) is 0 Å². The Morgan fingerprint density at radius 2 is 1.86 bits per heavy atom. The summed E-state index contributed by atoms with van der Waals surface area (Å²) in [5.74, 6) is 0. The van der Waals surface area contributed by atoms with E-state index in [1.54, 1.807) is 0 Å². The van der Waals surface area contributed by atoms with Crippen molar-refractivity contribution >= 4 is 10.9 Å². The second kappa shape index (κ2) is 5.74. The summed E-state index contributed by atoms with van der Waals surface area (Å²) in [6.45, 7) is 0. The lowest BCUT2D eigenvalue weighted by molar-refractivity contribution is 0.0713. The zero-order valence-corrected chi connectivity index (χ0v) is 13.0. The molecule has 1 aromatic heterocycles. The molecular weight excluding hydrogens is 258 g/mol.